The van der Waals surface area contributed by atoms with Crippen molar-refractivity contribution < 1.29 is 9.53 Å². The van der Waals surface area contributed by atoms with Crippen LogP contribution in [0.1, 0.15) is 28.7 Å². The van der Waals surface area contributed by atoms with Gasteiger partial charge in [-0.3, -0.25) is 4.79 Å². The Morgan fingerprint density at radius 1 is 1.43 bits per heavy atom. The molecule has 1 heterocycles. The Balaban J connectivity index is 2.20. The second kappa shape index (κ2) is 6.73. The minimum absolute atomic E-state index is 0.0352. The molecule has 2 aromatic rings. The number of hydrogen-bond donors (Lipinski definition) is 1. The number of Topliss-reactive ketones (excluding diaryl/α,β-unsaturated/α-hetero) is 1. The molecule has 0 saturated carbocycles. The van der Waals surface area contributed by atoms with Gasteiger partial charge in [0.25, 0.3) is 0 Å². The van der Waals surface area contributed by atoms with Gasteiger partial charge in [-0.25, -0.2) is 0 Å². The van der Waals surface area contributed by atoms with E-state index < -0.39 is 0 Å². The average molecular weight is 306 g/mol. The maximum atomic E-state index is 11.5. The van der Waals surface area contributed by atoms with E-state index in [0.717, 1.165) is 22.3 Å². The third kappa shape index (κ3) is 3.43. The monoisotopic (exact) mass is 306 g/mol. The van der Waals surface area contributed by atoms with Crippen molar-refractivity contribution in [1.29, 1.82) is 0 Å². The average Bonchev–Trinajstić information content (AvgIpc) is 2.85. The summed E-state index contributed by atoms with van der Waals surface area (Å²) in [5.74, 6) is 2.17. The Morgan fingerprint density at radius 3 is 2.76 bits per heavy atom. The van der Waals surface area contributed by atoms with E-state index in [1.54, 1.807) is 20.1 Å². The Morgan fingerprint density at radius 2 is 2.19 bits per heavy atom. The molecule has 112 valence electrons. The zero-order chi connectivity index (χ0) is 15.4. The summed E-state index contributed by atoms with van der Waals surface area (Å²) in [6.07, 6.45) is 0. The van der Waals surface area contributed by atoms with Crippen LogP contribution < -0.4 is 10.5 Å². The lowest BCUT2D eigenvalue weighted by Gasteiger charge is -2.09. The second-order valence-corrected chi connectivity index (χ2v) is 5.48. The molecule has 0 bridgehead atoms. The lowest BCUT2D eigenvalue weighted by Crippen LogP contribution is -2.05. The van der Waals surface area contributed by atoms with Crippen LogP contribution in [-0.2, 0) is 19.3 Å². The molecule has 0 saturated heterocycles. The lowest BCUT2D eigenvalue weighted by molar-refractivity contribution is 0.101. The maximum Gasteiger partial charge on any atom is 0.191 e. The Hall–Kier alpha value is -1.86. The standard InChI is InChI=1S/C14H18N4O2S/c1-9(19)10-4-5-12(20-3)11(6-10)8-21-14-17-16-13(7-15)18(14)2/h4-6H,7-8,15H2,1-3H3. The zero-order valence-corrected chi connectivity index (χ0v) is 13.1. The minimum Gasteiger partial charge on any atom is -0.496 e. The lowest BCUT2D eigenvalue weighted by atomic mass is 10.1. The minimum atomic E-state index is 0.0352. The number of nitrogens with two attached hydrogens (primary N) is 1. The summed E-state index contributed by atoms with van der Waals surface area (Å²) in [4.78, 5) is 11.5. The summed E-state index contributed by atoms with van der Waals surface area (Å²) in [6, 6.07) is 5.44. The summed E-state index contributed by atoms with van der Waals surface area (Å²) >= 11 is 1.53. The molecule has 2 N–H and O–H groups in total. The molecule has 1 aromatic carbocycles. The van der Waals surface area contributed by atoms with Gasteiger partial charge in [0.1, 0.15) is 11.6 Å². The zero-order valence-electron chi connectivity index (χ0n) is 12.3. The first-order valence-electron chi connectivity index (χ1n) is 6.45. The van der Waals surface area contributed by atoms with Crippen molar-refractivity contribution in [3.8, 4) is 5.75 Å². The summed E-state index contributed by atoms with van der Waals surface area (Å²) in [5.41, 5.74) is 7.20. The third-order valence-electron chi connectivity index (χ3n) is 3.15. The molecule has 0 fully saturated rings. The van der Waals surface area contributed by atoms with E-state index in [2.05, 4.69) is 10.2 Å². The van der Waals surface area contributed by atoms with Gasteiger partial charge in [-0.2, -0.15) is 0 Å². The van der Waals surface area contributed by atoms with Crippen molar-refractivity contribution in [2.75, 3.05) is 7.11 Å². The van der Waals surface area contributed by atoms with Crippen LogP contribution >= 0.6 is 11.8 Å². The topological polar surface area (TPSA) is 83.0 Å². The smallest absolute Gasteiger partial charge is 0.191 e. The molecular formula is C14H18N4O2S. The van der Waals surface area contributed by atoms with E-state index in [0.29, 0.717) is 17.9 Å². The Labute approximate surface area is 127 Å². The number of ether oxygens (including phenoxy) is 1. The Kier molecular flexibility index (Phi) is 4.98. The molecule has 0 aliphatic heterocycles. The van der Waals surface area contributed by atoms with Crippen molar-refractivity contribution in [3.05, 3.63) is 35.2 Å². The van der Waals surface area contributed by atoms with E-state index in [9.17, 15) is 4.79 Å². The fourth-order valence-corrected chi connectivity index (χ4v) is 2.81. The molecule has 0 unspecified atom stereocenters. The normalized spacial score (nSPS) is 10.7. The van der Waals surface area contributed by atoms with Crippen molar-refractivity contribution >= 4 is 17.5 Å². The molecule has 0 aliphatic carbocycles. The predicted molar refractivity (Wildman–Crippen MR) is 81.5 cm³/mol. The highest BCUT2D eigenvalue weighted by molar-refractivity contribution is 7.98. The van der Waals surface area contributed by atoms with Crippen molar-refractivity contribution in [3.63, 3.8) is 0 Å². The van der Waals surface area contributed by atoms with Gasteiger partial charge < -0.3 is 15.0 Å². The van der Waals surface area contributed by atoms with E-state index in [4.69, 9.17) is 10.5 Å². The molecular weight excluding hydrogens is 288 g/mol. The number of carbonyl (C=O) groups excluding carboxylic acids is 1. The van der Waals surface area contributed by atoms with E-state index in [1.807, 2.05) is 23.7 Å². The van der Waals surface area contributed by atoms with Gasteiger partial charge >= 0.3 is 0 Å². The third-order valence-corrected chi connectivity index (χ3v) is 4.22. The van der Waals surface area contributed by atoms with Crippen LogP contribution in [0.2, 0.25) is 0 Å². The van der Waals surface area contributed by atoms with Crippen LogP contribution in [-0.4, -0.2) is 27.7 Å². The molecule has 7 heteroatoms. The molecule has 1 aromatic heterocycles. The van der Waals surface area contributed by atoms with Crippen LogP contribution in [0.5, 0.6) is 5.75 Å². The number of benzene rings is 1. The number of thioether (sulfide) groups is 1. The molecule has 21 heavy (non-hydrogen) atoms. The fourth-order valence-electron chi connectivity index (χ4n) is 1.90. The summed E-state index contributed by atoms with van der Waals surface area (Å²) < 4.78 is 7.20. The maximum absolute atomic E-state index is 11.5. The van der Waals surface area contributed by atoms with Gasteiger partial charge in [0, 0.05) is 23.9 Å². The van der Waals surface area contributed by atoms with Crippen molar-refractivity contribution in [2.45, 2.75) is 24.4 Å². The van der Waals surface area contributed by atoms with Crippen LogP contribution in [0.3, 0.4) is 0 Å². The number of ketones is 1. The van der Waals surface area contributed by atoms with Gasteiger partial charge in [0.15, 0.2) is 10.9 Å². The number of nitrogens with zero attached hydrogens (tertiary/aromatic N) is 3. The highest BCUT2D eigenvalue weighted by Crippen LogP contribution is 2.28. The highest BCUT2D eigenvalue weighted by Gasteiger charge is 2.11. The van der Waals surface area contributed by atoms with Gasteiger partial charge in [0.2, 0.25) is 0 Å². The highest BCUT2D eigenvalue weighted by atomic mass is 32.2. The molecule has 6 nitrogen and oxygen atoms in total. The van der Waals surface area contributed by atoms with E-state index in [1.165, 1.54) is 11.8 Å². The van der Waals surface area contributed by atoms with Gasteiger partial charge in [0.05, 0.1) is 13.7 Å². The van der Waals surface area contributed by atoms with Gasteiger partial charge in [-0.05, 0) is 25.1 Å². The number of hydrogen-bond acceptors (Lipinski definition) is 6. The van der Waals surface area contributed by atoms with E-state index >= 15 is 0 Å². The molecule has 0 radical (unpaired) electrons. The molecule has 2 rings (SSSR count). The van der Waals surface area contributed by atoms with Crippen molar-refractivity contribution in [1.82, 2.24) is 14.8 Å². The fraction of sp³-hybridized carbons (Fsp3) is 0.357. The van der Waals surface area contributed by atoms with Crippen molar-refractivity contribution in [2.24, 2.45) is 12.8 Å². The summed E-state index contributed by atoms with van der Waals surface area (Å²) in [5, 5.41) is 8.90. The molecule has 0 atom stereocenters. The van der Waals surface area contributed by atoms with Crippen LogP contribution in [0, 0.1) is 0 Å². The van der Waals surface area contributed by atoms with Gasteiger partial charge in [-0.1, -0.05) is 11.8 Å². The Bertz CT molecular complexity index is 654. The number of carbonyl (C=O) groups is 1. The largest absolute Gasteiger partial charge is 0.496 e. The first-order valence-corrected chi connectivity index (χ1v) is 7.44. The second-order valence-electron chi connectivity index (χ2n) is 4.53. The SMILES string of the molecule is COc1ccc(C(C)=O)cc1CSc1nnc(CN)n1C. The number of methoxy groups -OCH3 is 1. The molecule has 0 amide bonds. The molecule has 0 spiro atoms. The van der Waals surface area contributed by atoms with Crippen LogP contribution in [0.4, 0.5) is 0 Å². The summed E-state index contributed by atoms with van der Waals surface area (Å²) in [7, 11) is 3.50. The van der Waals surface area contributed by atoms with Gasteiger partial charge in [-0.15, -0.1) is 10.2 Å². The quantitative estimate of drug-likeness (QED) is 0.647. The molecule has 0 aliphatic rings. The van der Waals surface area contributed by atoms with E-state index in [-0.39, 0.29) is 5.78 Å². The summed E-state index contributed by atoms with van der Waals surface area (Å²) in [6.45, 7) is 1.90. The predicted octanol–water partition coefficient (Wildman–Crippen LogP) is 1.78. The number of aromatic nitrogens is 3. The van der Waals surface area contributed by atoms with Crippen LogP contribution in [0.25, 0.3) is 0 Å². The first kappa shape index (κ1) is 15.5. The number of rotatable bonds is 6. The first-order chi connectivity index (χ1) is 10.1. The van der Waals surface area contributed by atoms with Crippen LogP contribution in [0.15, 0.2) is 23.4 Å².